The molecule has 6 heteroatoms. The van der Waals surface area contributed by atoms with Crippen LogP contribution in [0.5, 0.6) is 0 Å². The highest BCUT2D eigenvalue weighted by Crippen LogP contribution is 2.32. The van der Waals surface area contributed by atoms with E-state index in [9.17, 15) is 0 Å². The molecule has 0 amide bonds. The Kier molecular flexibility index (Phi) is 6.13. The summed E-state index contributed by atoms with van der Waals surface area (Å²) in [5.74, 6) is 3.93. The van der Waals surface area contributed by atoms with Crippen molar-refractivity contribution in [3.05, 3.63) is 11.7 Å². The van der Waals surface area contributed by atoms with Crippen LogP contribution >= 0.6 is 11.8 Å². The Morgan fingerprint density at radius 3 is 3.05 bits per heavy atom. The van der Waals surface area contributed by atoms with Crippen LogP contribution in [0.2, 0.25) is 0 Å². The molecule has 5 nitrogen and oxygen atoms in total. The van der Waals surface area contributed by atoms with E-state index in [4.69, 9.17) is 9.26 Å². The van der Waals surface area contributed by atoms with Crippen LogP contribution in [0.1, 0.15) is 44.3 Å². The van der Waals surface area contributed by atoms with E-state index < -0.39 is 0 Å². The zero-order valence-electron chi connectivity index (χ0n) is 11.7. The highest BCUT2D eigenvalue weighted by Gasteiger charge is 2.32. The van der Waals surface area contributed by atoms with E-state index in [1.807, 2.05) is 11.8 Å². The first-order valence-electron chi connectivity index (χ1n) is 7.06. The first-order valence-corrected chi connectivity index (χ1v) is 8.22. The largest absolute Gasteiger partial charge is 0.373 e. The van der Waals surface area contributed by atoms with Crippen LogP contribution in [0, 0.1) is 0 Å². The number of hydrogen-bond acceptors (Lipinski definition) is 6. The third-order valence-electron chi connectivity index (χ3n) is 3.12. The van der Waals surface area contributed by atoms with Crippen molar-refractivity contribution in [2.75, 3.05) is 24.7 Å². The van der Waals surface area contributed by atoms with E-state index in [1.54, 1.807) is 0 Å². The van der Waals surface area contributed by atoms with Gasteiger partial charge in [0.1, 0.15) is 6.61 Å². The lowest BCUT2D eigenvalue weighted by molar-refractivity contribution is 0.114. The normalized spacial score (nSPS) is 23.1. The van der Waals surface area contributed by atoms with Gasteiger partial charge in [0.25, 0.3) is 0 Å². The predicted molar refractivity (Wildman–Crippen MR) is 76.4 cm³/mol. The second-order valence-corrected chi connectivity index (χ2v) is 5.88. The third kappa shape index (κ3) is 4.19. The summed E-state index contributed by atoms with van der Waals surface area (Å²) in [6, 6.07) is 0.454. The molecule has 2 unspecified atom stereocenters. The molecule has 2 heterocycles. The minimum atomic E-state index is 0.337. The number of ether oxygens (including phenoxy) is 1. The molecule has 1 N–H and O–H groups in total. The average Bonchev–Trinajstić information content (AvgIpc) is 3.05. The Morgan fingerprint density at radius 1 is 1.37 bits per heavy atom. The van der Waals surface area contributed by atoms with E-state index in [0.29, 0.717) is 24.4 Å². The predicted octanol–water partition coefficient (Wildman–Crippen LogP) is 2.19. The molecule has 0 bridgehead atoms. The molecule has 0 aliphatic carbocycles. The van der Waals surface area contributed by atoms with Crippen molar-refractivity contribution in [3.63, 3.8) is 0 Å². The molecule has 1 fully saturated rings. The summed E-state index contributed by atoms with van der Waals surface area (Å²) in [4.78, 5) is 4.47. The second-order valence-electron chi connectivity index (χ2n) is 4.81. The maximum Gasteiger partial charge on any atom is 0.232 e. The van der Waals surface area contributed by atoms with E-state index >= 15 is 0 Å². The van der Waals surface area contributed by atoms with Crippen LogP contribution in [-0.4, -0.2) is 40.8 Å². The average molecular weight is 285 g/mol. The van der Waals surface area contributed by atoms with Crippen molar-refractivity contribution in [1.29, 1.82) is 0 Å². The van der Waals surface area contributed by atoms with Gasteiger partial charge in [-0.25, -0.2) is 0 Å². The molecule has 0 saturated carbocycles. The number of hydrogen-bond donors (Lipinski definition) is 1. The van der Waals surface area contributed by atoms with Crippen molar-refractivity contribution >= 4 is 11.8 Å². The second kappa shape index (κ2) is 7.87. The van der Waals surface area contributed by atoms with Crippen molar-refractivity contribution in [1.82, 2.24) is 15.5 Å². The van der Waals surface area contributed by atoms with Crippen molar-refractivity contribution in [2.24, 2.45) is 0 Å². The fourth-order valence-electron chi connectivity index (χ4n) is 2.11. The maximum absolute atomic E-state index is 5.43. The van der Waals surface area contributed by atoms with Crippen LogP contribution in [-0.2, 0) is 11.3 Å². The topological polar surface area (TPSA) is 60.2 Å². The minimum absolute atomic E-state index is 0.337. The van der Waals surface area contributed by atoms with Crippen LogP contribution in [0.15, 0.2) is 4.52 Å². The fourth-order valence-corrected chi connectivity index (χ4v) is 3.48. The van der Waals surface area contributed by atoms with Gasteiger partial charge in [-0.3, -0.25) is 0 Å². The summed E-state index contributed by atoms with van der Waals surface area (Å²) < 4.78 is 10.8. The molecule has 19 heavy (non-hydrogen) atoms. The Balaban J connectivity index is 1.89. The molecule has 1 aliphatic heterocycles. The van der Waals surface area contributed by atoms with E-state index in [-0.39, 0.29) is 0 Å². The maximum atomic E-state index is 5.43. The summed E-state index contributed by atoms with van der Waals surface area (Å²) in [7, 11) is 0. The van der Waals surface area contributed by atoms with Gasteiger partial charge in [0.05, 0.1) is 5.92 Å². The Bertz CT molecular complexity index is 373. The van der Waals surface area contributed by atoms with Gasteiger partial charge in [-0.2, -0.15) is 16.7 Å². The van der Waals surface area contributed by atoms with Crippen molar-refractivity contribution in [3.8, 4) is 0 Å². The molecule has 1 aromatic rings. The van der Waals surface area contributed by atoms with E-state index in [1.165, 1.54) is 0 Å². The van der Waals surface area contributed by atoms with Gasteiger partial charge >= 0.3 is 0 Å². The first-order chi connectivity index (χ1) is 9.35. The van der Waals surface area contributed by atoms with Crippen molar-refractivity contribution in [2.45, 2.75) is 45.3 Å². The molecular formula is C13H23N3O2S. The number of thioether (sulfide) groups is 1. The molecule has 1 aliphatic rings. The molecule has 1 aromatic heterocycles. The summed E-state index contributed by atoms with van der Waals surface area (Å²) >= 11 is 1.94. The van der Waals surface area contributed by atoms with Crippen LogP contribution < -0.4 is 5.32 Å². The summed E-state index contributed by atoms with van der Waals surface area (Å²) in [6.45, 7) is 6.50. The molecule has 108 valence electrons. The van der Waals surface area contributed by atoms with Gasteiger partial charge in [-0.1, -0.05) is 19.0 Å². The number of nitrogens with zero attached hydrogens (tertiary/aromatic N) is 2. The zero-order chi connectivity index (χ0) is 13.5. The molecular weight excluding hydrogens is 262 g/mol. The van der Waals surface area contributed by atoms with Crippen LogP contribution in [0.25, 0.3) is 0 Å². The van der Waals surface area contributed by atoms with Gasteiger partial charge in [0.2, 0.25) is 5.89 Å². The Hall–Kier alpha value is -0.590. The lowest BCUT2D eigenvalue weighted by atomic mass is 10.0. The zero-order valence-corrected chi connectivity index (χ0v) is 12.5. The summed E-state index contributed by atoms with van der Waals surface area (Å²) in [5, 5.41) is 7.56. The smallest absolute Gasteiger partial charge is 0.232 e. The van der Waals surface area contributed by atoms with Crippen molar-refractivity contribution < 1.29 is 9.26 Å². The molecule has 0 spiro atoms. The first kappa shape index (κ1) is 14.8. The number of rotatable bonds is 8. The van der Waals surface area contributed by atoms with Gasteiger partial charge in [-0.15, -0.1) is 0 Å². The van der Waals surface area contributed by atoms with Crippen LogP contribution in [0.4, 0.5) is 0 Å². The Labute approximate surface area is 118 Å². The van der Waals surface area contributed by atoms with Gasteiger partial charge in [0, 0.05) is 24.2 Å². The molecule has 0 radical (unpaired) electrons. The molecule has 2 rings (SSSR count). The highest BCUT2D eigenvalue weighted by molar-refractivity contribution is 7.99. The lowest BCUT2D eigenvalue weighted by Gasteiger charge is -2.16. The SMILES string of the molecule is CCCNC1CSCC1c1nc(COCCC)no1. The fraction of sp³-hybridized carbons (Fsp3) is 0.846. The summed E-state index contributed by atoms with van der Waals surface area (Å²) in [6.07, 6.45) is 2.15. The molecule has 2 atom stereocenters. The monoisotopic (exact) mass is 285 g/mol. The van der Waals surface area contributed by atoms with E-state index in [0.717, 1.165) is 43.4 Å². The van der Waals surface area contributed by atoms with Gasteiger partial charge < -0.3 is 14.6 Å². The number of aromatic nitrogens is 2. The van der Waals surface area contributed by atoms with Gasteiger partial charge in [0.15, 0.2) is 5.82 Å². The molecule has 0 aromatic carbocycles. The standard InChI is InChI=1S/C13H23N3O2S/c1-3-5-14-11-9-19-8-10(11)13-15-12(16-18-13)7-17-6-4-2/h10-11,14H,3-9H2,1-2H3. The quantitative estimate of drug-likeness (QED) is 0.739. The minimum Gasteiger partial charge on any atom is -0.373 e. The number of nitrogens with one attached hydrogen (secondary N) is 1. The van der Waals surface area contributed by atoms with Gasteiger partial charge in [-0.05, 0) is 19.4 Å². The summed E-state index contributed by atoms with van der Waals surface area (Å²) in [5.41, 5.74) is 0. The Morgan fingerprint density at radius 2 is 2.26 bits per heavy atom. The van der Waals surface area contributed by atoms with E-state index in [2.05, 4.69) is 29.3 Å². The highest BCUT2D eigenvalue weighted by atomic mass is 32.2. The lowest BCUT2D eigenvalue weighted by Crippen LogP contribution is -2.34. The third-order valence-corrected chi connectivity index (χ3v) is 4.31. The molecule has 1 saturated heterocycles. The van der Waals surface area contributed by atoms with Crippen LogP contribution in [0.3, 0.4) is 0 Å².